The number of aromatic nitrogens is 4. The maximum absolute atomic E-state index is 13.0. The number of amides is 1. The Labute approximate surface area is 213 Å². The van der Waals surface area contributed by atoms with E-state index in [4.69, 9.17) is 16.6 Å². The van der Waals surface area contributed by atoms with Crippen LogP contribution in [0.25, 0.3) is 5.00 Å². The number of hydrogen-bond acceptors (Lipinski definition) is 5. The predicted molar refractivity (Wildman–Crippen MR) is 140 cm³/mol. The van der Waals surface area contributed by atoms with Crippen molar-refractivity contribution in [2.75, 3.05) is 6.54 Å². The first kappa shape index (κ1) is 23.5. The molecule has 35 heavy (non-hydrogen) atoms. The van der Waals surface area contributed by atoms with Crippen molar-refractivity contribution >= 4 is 34.6 Å². The molecule has 1 aliphatic rings. The van der Waals surface area contributed by atoms with E-state index < -0.39 is 6.04 Å². The van der Waals surface area contributed by atoms with E-state index in [0.29, 0.717) is 17.4 Å². The van der Waals surface area contributed by atoms with E-state index in [1.54, 1.807) is 11.3 Å². The Hall–Kier alpha value is -3.23. The topological polar surface area (TPSA) is 77.1 Å². The number of carbonyl (C=O) groups excluding carboxylic acids is 1. The van der Waals surface area contributed by atoms with E-state index in [1.165, 1.54) is 10.4 Å². The SMILES string of the molecule is Cc1sc2c(c1C)C(c1ccc(Cl)cc1)=N[C@@H](CC(=O)NCCCn1cccc1)c1nnc(C)n1-2. The summed E-state index contributed by atoms with van der Waals surface area (Å²) in [5.41, 5.74) is 4.06. The fourth-order valence-corrected chi connectivity index (χ4v) is 5.73. The molecule has 0 saturated heterocycles. The van der Waals surface area contributed by atoms with Gasteiger partial charge in [-0.3, -0.25) is 14.4 Å². The van der Waals surface area contributed by atoms with E-state index in [-0.39, 0.29) is 12.3 Å². The molecular weight excluding hydrogens is 480 g/mol. The summed E-state index contributed by atoms with van der Waals surface area (Å²) in [5, 5.41) is 13.6. The summed E-state index contributed by atoms with van der Waals surface area (Å²) in [6, 6.07) is 11.3. The average molecular weight is 507 g/mol. The van der Waals surface area contributed by atoms with E-state index in [2.05, 4.69) is 38.5 Å². The van der Waals surface area contributed by atoms with Crippen LogP contribution in [0, 0.1) is 20.8 Å². The van der Waals surface area contributed by atoms with Crippen LogP contribution in [0.5, 0.6) is 0 Å². The summed E-state index contributed by atoms with van der Waals surface area (Å²) >= 11 is 7.87. The first-order chi connectivity index (χ1) is 16.9. The number of hydrogen-bond donors (Lipinski definition) is 1. The number of benzene rings is 1. The van der Waals surface area contributed by atoms with Crippen molar-refractivity contribution in [3.63, 3.8) is 0 Å². The zero-order chi connectivity index (χ0) is 24.5. The van der Waals surface area contributed by atoms with Gasteiger partial charge in [-0.05, 0) is 57.0 Å². The third-order valence-electron chi connectivity index (χ3n) is 6.32. The lowest BCUT2D eigenvalue weighted by Gasteiger charge is -2.13. The van der Waals surface area contributed by atoms with Gasteiger partial charge in [-0.25, -0.2) is 0 Å². The highest BCUT2D eigenvalue weighted by Crippen LogP contribution is 2.39. The van der Waals surface area contributed by atoms with Gasteiger partial charge in [0.15, 0.2) is 5.82 Å². The Morgan fingerprint density at radius 1 is 1.11 bits per heavy atom. The molecule has 0 unspecified atom stereocenters. The van der Waals surface area contributed by atoms with Gasteiger partial charge in [-0.15, -0.1) is 21.5 Å². The van der Waals surface area contributed by atoms with Crippen molar-refractivity contribution in [2.24, 2.45) is 4.99 Å². The number of nitrogens with one attached hydrogen (secondary N) is 1. The minimum atomic E-state index is -0.453. The molecule has 0 radical (unpaired) electrons. The van der Waals surface area contributed by atoms with E-state index in [9.17, 15) is 4.79 Å². The number of fused-ring (bicyclic) bond motifs is 3. The Kier molecular flexibility index (Phi) is 6.58. The monoisotopic (exact) mass is 506 g/mol. The van der Waals surface area contributed by atoms with Crippen molar-refractivity contribution in [1.29, 1.82) is 0 Å². The number of carbonyl (C=O) groups is 1. The normalized spacial score (nSPS) is 14.7. The molecule has 0 aliphatic carbocycles. The molecule has 0 fully saturated rings. The molecule has 0 bridgehead atoms. The van der Waals surface area contributed by atoms with Crippen LogP contribution in [0.15, 0.2) is 53.8 Å². The van der Waals surface area contributed by atoms with Gasteiger partial charge >= 0.3 is 0 Å². The maximum atomic E-state index is 13.0. The van der Waals surface area contributed by atoms with Crippen molar-refractivity contribution in [2.45, 2.75) is 46.2 Å². The zero-order valence-electron chi connectivity index (χ0n) is 20.0. The molecular formula is C26H27ClN6OS. The predicted octanol–water partition coefficient (Wildman–Crippen LogP) is 5.20. The Bertz CT molecular complexity index is 1380. The lowest BCUT2D eigenvalue weighted by molar-refractivity contribution is -0.121. The fourth-order valence-electron chi connectivity index (χ4n) is 4.39. The Balaban J connectivity index is 1.46. The van der Waals surface area contributed by atoms with Crippen LogP contribution in [-0.2, 0) is 11.3 Å². The van der Waals surface area contributed by atoms with Crippen molar-refractivity contribution in [3.8, 4) is 5.00 Å². The molecule has 180 valence electrons. The zero-order valence-corrected chi connectivity index (χ0v) is 21.5. The van der Waals surface area contributed by atoms with Crippen LogP contribution in [0.2, 0.25) is 5.02 Å². The van der Waals surface area contributed by atoms with Gasteiger partial charge < -0.3 is 9.88 Å². The first-order valence-corrected chi connectivity index (χ1v) is 12.9. The van der Waals surface area contributed by atoms with Crippen LogP contribution in [-0.4, -0.2) is 37.5 Å². The van der Waals surface area contributed by atoms with Crippen molar-refractivity contribution in [1.82, 2.24) is 24.6 Å². The first-order valence-electron chi connectivity index (χ1n) is 11.7. The quantitative estimate of drug-likeness (QED) is 0.350. The standard InChI is InChI=1S/C26H27ClN6OS/c1-16-17(2)35-26-23(16)24(19-7-9-20(27)10-8-19)29-21(25-31-30-18(3)33(25)26)15-22(34)28-11-6-14-32-12-4-5-13-32/h4-5,7-10,12-13,21H,6,11,14-15H2,1-3H3,(H,28,34)/t21-/m0/s1. The largest absolute Gasteiger partial charge is 0.356 e. The van der Waals surface area contributed by atoms with Crippen LogP contribution < -0.4 is 5.32 Å². The summed E-state index contributed by atoms with van der Waals surface area (Å²) in [4.78, 5) is 19.3. The summed E-state index contributed by atoms with van der Waals surface area (Å²) in [7, 11) is 0. The molecule has 5 rings (SSSR count). The van der Waals surface area contributed by atoms with Crippen molar-refractivity contribution in [3.05, 3.63) is 87.0 Å². The summed E-state index contributed by atoms with van der Waals surface area (Å²) in [6.07, 6.45) is 5.11. The molecule has 0 saturated carbocycles. The molecule has 1 amide bonds. The van der Waals surface area contributed by atoms with Gasteiger partial charge in [0.2, 0.25) is 5.91 Å². The second kappa shape index (κ2) is 9.79. The molecule has 1 aromatic carbocycles. The molecule has 1 aliphatic heterocycles. The average Bonchev–Trinajstić information content (AvgIpc) is 3.53. The van der Waals surface area contributed by atoms with Crippen LogP contribution in [0.3, 0.4) is 0 Å². The molecule has 4 aromatic rings. The highest BCUT2D eigenvalue weighted by molar-refractivity contribution is 7.15. The molecule has 1 atom stereocenters. The molecule has 9 heteroatoms. The van der Waals surface area contributed by atoms with E-state index >= 15 is 0 Å². The summed E-state index contributed by atoms with van der Waals surface area (Å²) in [6.45, 7) is 7.65. The summed E-state index contributed by atoms with van der Waals surface area (Å²) in [5.74, 6) is 1.43. The Morgan fingerprint density at radius 2 is 1.86 bits per heavy atom. The smallest absolute Gasteiger partial charge is 0.222 e. The minimum Gasteiger partial charge on any atom is -0.356 e. The van der Waals surface area contributed by atoms with Gasteiger partial charge in [-0.1, -0.05) is 23.7 Å². The van der Waals surface area contributed by atoms with Gasteiger partial charge in [0.05, 0.1) is 12.1 Å². The molecule has 4 heterocycles. The highest BCUT2D eigenvalue weighted by Gasteiger charge is 2.32. The van der Waals surface area contributed by atoms with Gasteiger partial charge in [-0.2, -0.15) is 0 Å². The van der Waals surface area contributed by atoms with Gasteiger partial charge in [0, 0.05) is 46.5 Å². The highest BCUT2D eigenvalue weighted by atomic mass is 35.5. The number of aliphatic imine (C=N–C) groups is 1. The minimum absolute atomic E-state index is 0.0490. The number of aryl methyl sites for hydroxylation is 3. The molecule has 7 nitrogen and oxygen atoms in total. The van der Waals surface area contributed by atoms with Crippen LogP contribution in [0.4, 0.5) is 0 Å². The second-order valence-corrected chi connectivity index (χ2v) is 10.4. The van der Waals surface area contributed by atoms with Gasteiger partial charge in [0.1, 0.15) is 16.9 Å². The fraction of sp³-hybridized carbons (Fsp3) is 0.308. The Morgan fingerprint density at radius 3 is 2.60 bits per heavy atom. The molecule has 3 aromatic heterocycles. The van der Waals surface area contributed by atoms with E-state index in [1.807, 2.05) is 55.7 Å². The number of thiophene rings is 1. The third kappa shape index (κ3) is 4.68. The summed E-state index contributed by atoms with van der Waals surface area (Å²) < 4.78 is 4.17. The van der Waals surface area contributed by atoms with Gasteiger partial charge in [0.25, 0.3) is 0 Å². The molecule has 0 spiro atoms. The lowest BCUT2D eigenvalue weighted by atomic mass is 9.99. The third-order valence-corrected chi connectivity index (χ3v) is 7.76. The number of nitrogens with zero attached hydrogens (tertiary/aromatic N) is 5. The van der Waals surface area contributed by atoms with E-state index in [0.717, 1.165) is 40.6 Å². The maximum Gasteiger partial charge on any atom is 0.222 e. The lowest BCUT2D eigenvalue weighted by Crippen LogP contribution is -2.27. The molecule has 1 N–H and O–H groups in total. The number of rotatable bonds is 7. The van der Waals surface area contributed by atoms with Crippen molar-refractivity contribution < 1.29 is 4.79 Å². The second-order valence-electron chi connectivity index (χ2n) is 8.73. The van der Waals surface area contributed by atoms with Crippen LogP contribution >= 0.6 is 22.9 Å². The van der Waals surface area contributed by atoms with Crippen LogP contribution in [0.1, 0.15) is 52.1 Å². The number of halogens is 1.